The van der Waals surface area contributed by atoms with E-state index in [1.807, 2.05) is 43.5 Å². The summed E-state index contributed by atoms with van der Waals surface area (Å²) in [6, 6.07) is 9.47. The highest BCUT2D eigenvalue weighted by molar-refractivity contribution is 7.99. The van der Waals surface area contributed by atoms with Crippen molar-refractivity contribution < 1.29 is 19.1 Å². The van der Waals surface area contributed by atoms with Crippen molar-refractivity contribution in [2.24, 2.45) is 0 Å². The Balaban J connectivity index is 1.59. The SMILES string of the molecule is C=CCn1c(CNC(=O)/C=C/c2ccc(OC)c(OC)c2)nnc1SCC(=O)Nc1c(C)cc(C)cc1C. The molecule has 10 heteroatoms. The van der Waals surface area contributed by atoms with Crippen LogP contribution >= 0.6 is 11.8 Å². The van der Waals surface area contributed by atoms with Gasteiger partial charge in [-0.2, -0.15) is 0 Å². The van der Waals surface area contributed by atoms with E-state index in [1.54, 1.807) is 38.5 Å². The first-order valence-electron chi connectivity index (χ1n) is 12.0. The number of benzene rings is 2. The van der Waals surface area contributed by atoms with Crippen molar-refractivity contribution >= 4 is 35.3 Å². The van der Waals surface area contributed by atoms with Crippen LogP contribution in [0.1, 0.15) is 28.1 Å². The quantitative estimate of drug-likeness (QED) is 0.200. The number of amides is 2. The minimum Gasteiger partial charge on any atom is -0.493 e. The Morgan fingerprint density at radius 3 is 2.42 bits per heavy atom. The first-order chi connectivity index (χ1) is 18.2. The molecule has 2 N–H and O–H groups in total. The van der Waals surface area contributed by atoms with Gasteiger partial charge in [-0.25, -0.2) is 0 Å². The molecule has 2 aromatic carbocycles. The van der Waals surface area contributed by atoms with Gasteiger partial charge in [-0.05, 0) is 55.7 Å². The minimum atomic E-state index is -0.287. The highest BCUT2D eigenvalue weighted by Crippen LogP contribution is 2.28. The van der Waals surface area contributed by atoms with Crippen LogP contribution in [0.5, 0.6) is 11.5 Å². The van der Waals surface area contributed by atoms with Gasteiger partial charge < -0.3 is 24.7 Å². The van der Waals surface area contributed by atoms with Crippen molar-refractivity contribution in [3.63, 3.8) is 0 Å². The van der Waals surface area contributed by atoms with Crippen LogP contribution in [0.25, 0.3) is 6.08 Å². The van der Waals surface area contributed by atoms with Gasteiger partial charge in [-0.3, -0.25) is 9.59 Å². The average molecular weight is 536 g/mol. The van der Waals surface area contributed by atoms with Gasteiger partial charge in [0.15, 0.2) is 22.5 Å². The van der Waals surface area contributed by atoms with E-state index in [-0.39, 0.29) is 24.1 Å². The molecule has 9 nitrogen and oxygen atoms in total. The Morgan fingerprint density at radius 1 is 1.05 bits per heavy atom. The van der Waals surface area contributed by atoms with Crippen LogP contribution in [0.3, 0.4) is 0 Å². The summed E-state index contributed by atoms with van der Waals surface area (Å²) in [6.45, 7) is 10.4. The summed E-state index contributed by atoms with van der Waals surface area (Å²) < 4.78 is 12.4. The lowest BCUT2D eigenvalue weighted by molar-refractivity contribution is -0.116. The van der Waals surface area contributed by atoms with E-state index in [0.29, 0.717) is 29.0 Å². The lowest BCUT2D eigenvalue weighted by Crippen LogP contribution is -2.23. The fourth-order valence-corrected chi connectivity index (χ4v) is 4.67. The fraction of sp³-hybridized carbons (Fsp3) is 0.286. The van der Waals surface area contributed by atoms with Crippen molar-refractivity contribution in [3.05, 3.63) is 77.1 Å². The molecule has 0 aliphatic carbocycles. The standard InChI is InChI=1S/C28H33N5O4S/c1-7-12-33-24(16-29-25(34)11-9-21-8-10-22(36-5)23(15-21)37-6)31-32-28(33)38-17-26(35)30-27-19(3)13-18(2)14-20(27)4/h7-11,13-15H,1,12,16-17H2,2-6H3,(H,29,34)(H,30,35)/b11-9+. The van der Waals surface area contributed by atoms with Crippen LogP contribution in [0.15, 0.2) is 54.2 Å². The number of nitrogens with one attached hydrogen (secondary N) is 2. The number of hydrogen-bond donors (Lipinski definition) is 2. The second kappa shape index (κ2) is 13.5. The minimum absolute atomic E-state index is 0.131. The molecule has 0 aliphatic rings. The van der Waals surface area contributed by atoms with E-state index >= 15 is 0 Å². The monoisotopic (exact) mass is 535 g/mol. The number of anilines is 1. The highest BCUT2D eigenvalue weighted by Gasteiger charge is 2.15. The molecule has 0 fully saturated rings. The third kappa shape index (κ3) is 7.48. The van der Waals surface area contributed by atoms with Gasteiger partial charge in [0.05, 0.1) is 26.5 Å². The maximum absolute atomic E-state index is 12.6. The van der Waals surface area contributed by atoms with Crippen molar-refractivity contribution in [1.29, 1.82) is 0 Å². The highest BCUT2D eigenvalue weighted by atomic mass is 32.2. The van der Waals surface area contributed by atoms with Crippen LogP contribution in [0.4, 0.5) is 5.69 Å². The third-order valence-corrected chi connectivity index (χ3v) is 6.60. The number of carbonyl (C=O) groups excluding carboxylic acids is 2. The summed E-state index contributed by atoms with van der Waals surface area (Å²) in [7, 11) is 3.13. The van der Waals surface area contributed by atoms with Gasteiger partial charge in [0.1, 0.15) is 0 Å². The van der Waals surface area contributed by atoms with Gasteiger partial charge in [0.2, 0.25) is 11.8 Å². The van der Waals surface area contributed by atoms with Crippen molar-refractivity contribution in [1.82, 2.24) is 20.1 Å². The Morgan fingerprint density at radius 2 is 1.76 bits per heavy atom. The maximum atomic E-state index is 12.6. The maximum Gasteiger partial charge on any atom is 0.244 e. The lowest BCUT2D eigenvalue weighted by Gasteiger charge is -2.13. The van der Waals surface area contributed by atoms with Crippen LogP contribution in [0.2, 0.25) is 0 Å². The zero-order valence-electron chi connectivity index (χ0n) is 22.3. The topological polar surface area (TPSA) is 107 Å². The van der Waals surface area contributed by atoms with Gasteiger partial charge in [0.25, 0.3) is 0 Å². The molecule has 0 spiro atoms. The number of methoxy groups -OCH3 is 2. The number of allylic oxidation sites excluding steroid dienone is 1. The molecular formula is C28H33N5O4S. The zero-order valence-corrected chi connectivity index (χ0v) is 23.1. The van der Waals surface area contributed by atoms with Crippen molar-refractivity contribution in [2.75, 3.05) is 25.3 Å². The summed E-state index contributed by atoms with van der Waals surface area (Å²) in [4.78, 5) is 25.1. The molecule has 3 aromatic rings. The predicted octanol–water partition coefficient (Wildman–Crippen LogP) is 4.47. The van der Waals surface area contributed by atoms with Crippen LogP contribution in [0, 0.1) is 20.8 Å². The molecule has 0 aliphatic heterocycles. The zero-order chi connectivity index (χ0) is 27.7. The molecule has 200 valence electrons. The number of aryl methyl sites for hydroxylation is 3. The Hall–Kier alpha value is -4.05. The number of aromatic nitrogens is 3. The summed E-state index contributed by atoms with van der Waals surface area (Å²) in [6.07, 6.45) is 4.84. The normalized spacial score (nSPS) is 10.9. The molecule has 2 amide bonds. The van der Waals surface area contributed by atoms with E-state index in [1.165, 1.54) is 17.8 Å². The first-order valence-corrected chi connectivity index (χ1v) is 13.0. The molecule has 0 unspecified atom stereocenters. The van der Waals surface area contributed by atoms with Gasteiger partial charge in [0, 0.05) is 18.3 Å². The molecule has 3 rings (SSSR count). The van der Waals surface area contributed by atoms with E-state index < -0.39 is 0 Å². The second-order valence-corrected chi connectivity index (χ2v) is 9.52. The van der Waals surface area contributed by atoms with Gasteiger partial charge in [-0.1, -0.05) is 41.6 Å². The van der Waals surface area contributed by atoms with Crippen molar-refractivity contribution in [3.8, 4) is 11.5 Å². The largest absolute Gasteiger partial charge is 0.493 e. The summed E-state index contributed by atoms with van der Waals surface area (Å²) in [5.74, 6) is 1.50. The molecule has 0 saturated heterocycles. The van der Waals surface area contributed by atoms with Gasteiger partial charge in [-0.15, -0.1) is 16.8 Å². The smallest absolute Gasteiger partial charge is 0.244 e. The third-order valence-electron chi connectivity index (χ3n) is 5.63. The molecule has 0 atom stereocenters. The summed E-state index contributed by atoms with van der Waals surface area (Å²) >= 11 is 1.28. The van der Waals surface area contributed by atoms with Crippen LogP contribution < -0.4 is 20.1 Å². The second-order valence-electron chi connectivity index (χ2n) is 8.57. The predicted molar refractivity (Wildman–Crippen MR) is 151 cm³/mol. The number of hydrogen-bond acceptors (Lipinski definition) is 7. The molecule has 1 aromatic heterocycles. The molecule has 38 heavy (non-hydrogen) atoms. The van der Waals surface area contributed by atoms with E-state index in [0.717, 1.165) is 27.9 Å². The Bertz CT molecular complexity index is 1330. The van der Waals surface area contributed by atoms with E-state index in [2.05, 4.69) is 27.4 Å². The molecule has 0 saturated carbocycles. The van der Waals surface area contributed by atoms with E-state index in [4.69, 9.17) is 9.47 Å². The Kier molecular flexibility index (Phi) is 10.1. The van der Waals surface area contributed by atoms with Crippen molar-refractivity contribution in [2.45, 2.75) is 39.0 Å². The average Bonchev–Trinajstić information content (AvgIpc) is 3.28. The summed E-state index contributed by atoms with van der Waals surface area (Å²) in [5, 5.41) is 14.8. The first kappa shape index (κ1) is 28.5. The molecule has 0 radical (unpaired) electrons. The van der Waals surface area contributed by atoms with Gasteiger partial charge >= 0.3 is 0 Å². The number of ether oxygens (including phenoxy) is 2. The molecule has 1 heterocycles. The van der Waals surface area contributed by atoms with E-state index in [9.17, 15) is 9.59 Å². The number of nitrogens with zero attached hydrogens (tertiary/aromatic N) is 3. The van der Waals surface area contributed by atoms with Crippen LogP contribution in [-0.4, -0.2) is 46.6 Å². The molecule has 0 bridgehead atoms. The molecular weight excluding hydrogens is 502 g/mol. The number of rotatable bonds is 12. The van der Waals surface area contributed by atoms with Crippen LogP contribution in [-0.2, 0) is 22.7 Å². The fourth-order valence-electron chi connectivity index (χ4n) is 3.91. The number of carbonyl (C=O) groups is 2. The Labute approximate surface area is 227 Å². The lowest BCUT2D eigenvalue weighted by atomic mass is 10.1. The number of thioether (sulfide) groups is 1. The summed E-state index contributed by atoms with van der Waals surface area (Å²) in [5.41, 5.74) is 4.82.